The van der Waals surface area contributed by atoms with Crippen LogP contribution in [0.2, 0.25) is 10.0 Å². The summed E-state index contributed by atoms with van der Waals surface area (Å²) >= 11 is 13.7. The number of benzene rings is 2. The van der Waals surface area contributed by atoms with Gasteiger partial charge in [0.05, 0.1) is 11.6 Å². The number of hydrogen-bond donors (Lipinski definition) is 0. The number of thioether (sulfide) groups is 1. The van der Waals surface area contributed by atoms with Gasteiger partial charge in [0.15, 0.2) is 5.16 Å². The number of hydrogen-bond acceptors (Lipinski definition) is 4. The van der Waals surface area contributed by atoms with Crippen LogP contribution in [0.4, 0.5) is 0 Å². The van der Waals surface area contributed by atoms with Crippen molar-refractivity contribution in [2.45, 2.75) is 24.9 Å². The van der Waals surface area contributed by atoms with Gasteiger partial charge in [-0.05, 0) is 42.5 Å². The zero-order chi connectivity index (χ0) is 18.4. The average Bonchev–Trinajstić information content (AvgIpc) is 3.04. The summed E-state index contributed by atoms with van der Waals surface area (Å²) in [6.45, 7) is 2.65. The van der Waals surface area contributed by atoms with Crippen molar-refractivity contribution in [1.29, 1.82) is 0 Å². The molecule has 3 aromatic rings. The number of rotatable bonds is 8. The Morgan fingerprint density at radius 3 is 2.62 bits per heavy atom. The summed E-state index contributed by atoms with van der Waals surface area (Å²) in [5.41, 5.74) is 1.07. The van der Waals surface area contributed by atoms with Crippen molar-refractivity contribution in [2.75, 3.05) is 12.4 Å². The molecule has 0 unspecified atom stereocenters. The fraction of sp³-hybridized carbons (Fsp3) is 0.263. The molecule has 0 saturated heterocycles. The Morgan fingerprint density at radius 1 is 1.08 bits per heavy atom. The SMILES string of the molecule is CCSc1nnc(CCCOc2ccc(Cl)cc2Cl)n1-c1ccccc1. The molecule has 0 aliphatic heterocycles. The lowest BCUT2D eigenvalue weighted by Gasteiger charge is -2.11. The van der Waals surface area contributed by atoms with Crippen molar-refractivity contribution in [2.24, 2.45) is 0 Å². The normalized spacial score (nSPS) is 10.9. The second-order valence-electron chi connectivity index (χ2n) is 5.53. The Hall–Kier alpha value is -1.69. The van der Waals surface area contributed by atoms with Gasteiger partial charge >= 0.3 is 0 Å². The highest BCUT2D eigenvalue weighted by Crippen LogP contribution is 2.28. The molecule has 0 radical (unpaired) electrons. The standard InChI is InChI=1S/C19H19Cl2N3OS/c1-2-26-19-23-22-18(24(19)15-7-4-3-5-8-15)9-6-12-25-17-11-10-14(20)13-16(17)21/h3-5,7-8,10-11,13H,2,6,9,12H2,1H3. The van der Waals surface area contributed by atoms with E-state index in [-0.39, 0.29) is 0 Å². The number of para-hydroxylation sites is 1. The molecule has 0 saturated carbocycles. The van der Waals surface area contributed by atoms with Crippen molar-refractivity contribution in [1.82, 2.24) is 14.8 Å². The quantitative estimate of drug-likeness (QED) is 0.354. The van der Waals surface area contributed by atoms with Gasteiger partial charge in [0.1, 0.15) is 11.6 Å². The largest absolute Gasteiger partial charge is 0.492 e. The molecule has 0 atom stereocenters. The molecule has 7 heteroatoms. The molecule has 1 heterocycles. The molecule has 0 spiro atoms. The minimum Gasteiger partial charge on any atom is -0.492 e. The molecule has 2 aromatic carbocycles. The number of halogens is 2. The smallest absolute Gasteiger partial charge is 0.195 e. The van der Waals surface area contributed by atoms with Crippen LogP contribution in [0.25, 0.3) is 5.69 Å². The average molecular weight is 408 g/mol. The maximum absolute atomic E-state index is 6.13. The van der Waals surface area contributed by atoms with Gasteiger partial charge in [0.25, 0.3) is 0 Å². The maximum Gasteiger partial charge on any atom is 0.195 e. The molecular weight excluding hydrogens is 389 g/mol. The molecule has 136 valence electrons. The van der Waals surface area contributed by atoms with Gasteiger partial charge in [0.2, 0.25) is 0 Å². The van der Waals surface area contributed by atoms with E-state index in [9.17, 15) is 0 Å². The molecule has 4 nitrogen and oxygen atoms in total. The van der Waals surface area contributed by atoms with Crippen molar-refractivity contribution in [3.63, 3.8) is 0 Å². The zero-order valence-electron chi connectivity index (χ0n) is 14.4. The molecule has 0 N–H and O–H groups in total. The first-order valence-corrected chi connectivity index (χ1v) is 10.1. The molecule has 26 heavy (non-hydrogen) atoms. The first-order valence-electron chi connectivity index (χ1n) is 8.39. The van der Waals surface area contributed by atoms with E-state index in [1.54, 1.807) is 30.0 Å². The second kappa shape index (κ2) is 9.31. The van der Waals surface area contributed by atoms with Crippen LogP contribution in [-0.4, -0.2) is 27.1 Å². The summed E-state index contributed by atoms with van der Waals surface area (Å²) in [6, 6.07) is 15.4. The van der Waals surface area contributed by atoms with E-state index in [0.29, 0.717) is 22.4 Å². The molecule has 0 bridgehead atoms. The van der Waals surface area contributed by atoms with Gasteiger partial charge in [-0.15, -0.1) is 10.2 Å². The summed E-state index contributed by atoms with van der Waals surface area (Å²) in [4.78, 5) is 0. The lowest BCUT2D eigenvalue weighted by atomic mass is 10.2. The highest BCUT2D eigenvalue weighted by Gasteiger charge is 2.13. The fourth-order valence-corrected chi connectivity index (χ4v) is 3.69. The fourth-order valence-electron chi connectivity index (χ4n) is 2.53. The number of nitrogens with zero attached hydrogens (tertiary/aromatic N) is 3. The van der Waals surface area contributed by atoms with Crippen LogP contribution in [-0.2, 0) is 6.42 Å². The summed E-state index contributed by atoms with van der Waals surface area (Å²) in [5.74, 6) is 2.52. The zero-order valence-corrected chi connectivity index (χ0v) is 16.7. The Balaban J connectivity index is 1.66. The van der Waals surface area contributed by atoms with E-state index in [4.69, 9.17) is 27.9 Å². The van der Waals surface area contributed by atoms with Gasteiger partial charge in [-0.25, -0.2) is 0 Å². The predicted molar refractivity (Wildman–Crippen MR) is 108 cm³/mol. The van der Waals surface area contributed by atoms with E-state index < -0.39 is 0 Å². The van der Waals surface area contributed by atoms with Crippen LogP contribution in [0.15, 0.2) is 53.7 Å². The Labute approximate surface area is 167 Å². The van der Waals surface area contributed by atoms with E-state index in [2.05, 4.69) is 33.8 Å². The molecule has 0 aliphatic carbocycles. The molecular formula is C19H19Cl2N3OS. The van der Waals surface area contributed by atoms with Crippen LogP contribution in [0.5, 0.6) is 5.75 Å². The lowest BCUT2D eigenvalue weighted by molar-refractivity contribution is 0.309. The van der Waals surface area contributed by atoms with Crippen LogP contribution in [0, 0.1) is 0 Å². The maximum atomic E-state index is 6.13. The first kappa shape index (κ1) is 19.1. The van der Waals surface area contributed by atoms with Gasteiger partial charge in [-0.3, -0.25) is 4.57 Å². The van der Waals surface area contributed by atoms with Crippen molar-refractivity contribution in [3.8, 4) is 11.4 Å². The van der Waals surface area contributed by atoms with Gasteiger partial charge in [-0.1, -0.05) is 60.1 Å². The first-order chi connectivity index (χ1) is 12.7. The van der Waals surface area contributed by atoms with Gasteiger partial charge < -0.3 is 4.74 Å². The van der Waals surface area contributed by atoms with Crippen LogP contribution in [0.3, 0.4) is 0 Å². The summed E-state index contributed by atoms with van der Waals surface area (Å²) in [7, 11) is 0. The van der Waals surface area contributed by atoms with Crippen LogP contribution in [0.1, 0.15) is 19.2 Å². The second-order valence-corrected chi connectivity index (χ2v) is 7.60. The molecule has 0 amide bonds. The molecule has 1 aromatic heterocycles. The Bertz CT molecular complexity index is 855. The highest BCUT2D eigenvalue weighted by molar-refractivity contribution is 7.99. The van der Waals surface area contributed by atoms with Crippen molar-refractivity contribution >= 4 is 35.0 Å². The van der Waals surface area contributed by atoms with E-state index in [1.165, 1.54) is 0 Å². The summed E-state index contributed by atoms with van der Waals surface area (Å²) < 4.78 is 7.87. The third kappa shape index (κ3) is 4.72. The third-order valence-corrected chi connectivity index (χ3v) is 5.03. The minimum atomic E-state index is 0.520. The van der Waals surface area contributed by atoms with Gasteiger partial charge in [-0.2, -0.15) is 0 Å². The topological polar surface area (TPSA) is 39.9 Å². The molecule has 3 rings (SSSR count). The van der Waals surface area contributed by atoms with E-state index >= 15 is 0 Å². The monoisotopic (exact) mass is 407 g/mol. The highest BCUT2D eigenvalue weighted by atomic mass is 35.5. The number of ether oxygens (including phenoxy) is 1. The van der Waals surface area contributed by atoms with Crippen molar-refractivity contribution in [3.05, 3.63) is 64.4 Å². The summed E-state index contributed by atoms with van der Waals surface area (Å²) in [6.07, 6.45) is 1.57. The Morgan fingerprint density at radius 2 is 1.88 bits per heavy atom. The summed E-state index contributed by atoms with van der Waals surface area (Å²) in [5, 5.41) is 10.7. The lowest BCUT2D eigenvalue weighted by Crippen LogP contribution is -2.06. The van der Waals surface area contributed by atoms with Crippen molar-refractivity contribution < 1.29 is 4.74 Å². The predicted octanol–water partition coefficient (Wildman–Crippen LogP) is 5.70. The number of aryl methyl sites for hydroxylation is 1. The number of aromatic nitrogens is 3. The molecule has 0 fully saturated rings. The van der Waals surface area contributed by atoms with E-state index in [1.807, 2.05) is 18.2 Å². The third-order valence-electron chi connectivity index (χ3n) is 3.68. The molecule has 0 aliphatic rings. The van der Waals surface area contributed by atoms with Crippen LogP contribution >= 0.6 is 35.0 Å². The van der Waals surface area contributed by atoms with Gasteiger partial charge in [0, 0.05) is 17.1 Å². The van der Waals surface area contributed by atoms with E-state index in [0.717, 1.165) is 35.3 Å². The Kier molecular flexibility index (Phi) is 6.83. The minimum absolute atomic E-state index is 0.520. The van der Waals surface area contributed by atoms with Crippen LogP contribution < -0.4 is 4.74 Å².